The van der Waals surface area contributed by atoms with Gasteiger partial charge in [0.15, 0.2) is 0 Å². The van der Waals surface area contributed by atoms with E-state index >= 15 is 0 Å². The molecular formula is C16H11BrFNO. The molecule has 2 nitrogen and oxygen atoms in total. The lowest BCUT2D eigenvalue weighted by molar-refractivity contribution is 0.628. The van der Waals surface area contributed by atoms with E-state index < -0.39 is 0 Å². The molecule has 0 amide bonds. The number of hydrogen-bond donors (Lipinski definition) is 0. The molecule has 2 aromatic carbocycles. The lowest BCUT2D eigenvalue weighted by atomic mass is 10.0. The van der Waals surface area contributed by atoms with E-state index in [-0.39, 0.29) is 11.4 Å². The molecule has 100 valence electrons. The summed E-state index contributed by atoms with van der Waals surface area (Å²) < 4.78 is 15.2. The van der Waals surface area contributed by atoms with Gasteiger partial charge in [-0.1, -0.05) is 30.3 Å². The van der Waals surface area contributed by atoms with Crippen LogP contribution in [0.15, 0.2) is 57.8 Å². The largest absolute Gasteiger partial charge is 0.310 e. The van der Waals surface area contributed by atoms with Gasteiger partial charge in [0, 0.05) is 18.0 Å². The number of aryl methyl sites for hydroxylation is 1. The van der Waals surface area contributed by atoms with E-state index in [1.165, 1.54) is 12.1 Å². The fourth-order valence-electron chi connectivity index (χ4n) is 2.36. The minimum absolute atomic E-state index is 0.108. The van der Waals surface area contributed by atoms with E-state index in [9.17, 15) is 9.18 Å². The molecule has 0 fully saturated rings. The monoisotopic (exact) mass is 331 g/mol. The Morgan fingerprint density at radius 1 is 1.05 bits per heavy atom. The zero-order chi connectivity index (χ0) is 14.3. The second kappa shape index (κ2) is 4.87. The van der Waals surface area contributed by atoms with Crippen LogP contribution < -0.4 is 5.56 Å². The number of nitrogens with zero attached hydrogens (tertiary/aromatic N) is 1. The third kappa shape index (κ3) is 1.96. The van der Waals surface area contributed by atoms with E-state index in [1.54, 1.807) is 23.7 Å². The molecule has 0 unspecified atom stereocenters. The smallest absolute Gasteiger partial charge is 0.265 e. The Hall–Kier alpha value is -1.94. The highest BCUT2D eigenvalue weighted by atomic mass is 79.9. The second-order valence-corrected chi connectivity index (χ2v) is 5.37. The Bertz CT molecular complexity index is 853. The average molecular weight is 332 g/mol. The highest BCUT2D eigenvalue weighted by Crippen LogP contribution is 2.32. The van der Waals surface area contributed by atoms with Crippen molar-refractivity contribution in [2.45, 2.75) is 0 Å². The highest BCUT2D eigenvalue weighted by Gasteiger charge is 2.14. The van der Waals surface area contributed by atoms with Crippen molar-refractivity contribution in [1.29, 1.82) is 0 Å². The number of halogens is 2. The molecule has 0 atom stereocenters. The number of pyridine rings is 1. The molecular weight excluding hydrogens is 321 g/mol. The van der Waals surface area contributed by atoms with E-state index in [0.29, 0.717) is 4.47 Å². The van der Waals surface area contributed by atoms with Crippen LogP contribution in [0.3, 0.4) is 0 Å². The Kier molecular flexibility index (Phi) is 3.18. The minimum atomic E-state index is -0.294. The zero-order valence-electron chi connectivity index (χ0n) is 10.7. The molecule has 0 aliphatic rings. The fraction of sp³-hybridized carbons (Fsp3) is 0.0625. The SMILES string of the molecule is Cn1c(=O)c(Br)c(-c2ccc(F)cc2)c2ccccc21. The molecule has 1 aromatic heterocycles. The summed E-state index contributed by atoms with van der Waals surface area (Å²) in [6, 6.07) is 13.8. The van der Waals surface area contributed by atoms with Crippen molar-refractivity contribution in [1.82, 2.24) is 4.57 Å². The zero-order valence-corrected chi connectivity index (χ0v) is 12.3. The van der Waals surface area contributed by atoms with Crippen LogP contribution in [-0.4, -0.2) is 4.57 Å². The summed E-state index contributed by atoms with van der Waals surface area (Å²) in [6.45, 7) is 0. The van der Waals surface area contributed by atoms with Gasteiger partial charge in [0.2, 0.25) is 0 Å². The quantitative estimate of drug-likeness (QED) is 0.657. The number of benzene rings is 2. The van der Waals surface area contributed by atoms with E-state index in [2.05, 4.69) is 15.9 Å². The second-order valence-electron chi connectivity index (χ2n) is 4.58. The van der Waals surface area contributed by atoms with Crippen molar-refractivity contribution in [3.05, 3.63) is 69.2 Å². The van der Waals surface area contributed by atoms with Gasteiger partial charge < -0.3 is 4.57 Å². The summed E-state index contributed by atoms with van der Waals surface area (Å²) in [5.74, 6) is -0.294. The van der Waals surface area contributed by atoms with Crippen molar-refractivity contribution < 1.29 is 4.39 Å². The molecule has 0 aliphatic heterocycles. The number of aromatic nitrogens is 1. The maximum atomic E-state index is 13.1. The molecule has 0 spiro atoms. The van der Waals surface area contributed by atoms with Crippen molar-refractivity contribution in [2.75, 3.05) is 0 Å². The van der Waals surface area contributed by atoms with Gasteiger partial charge in [0.25, 0.3) is 5.56 Å². The molecule has 1 heterocycles. The third-order valence-corrected chi connectivity index (χ3v) is 4.12. The van der Waals surface area contributed by atoms with Gasteiger partial charge in [0.05, 0.1) is 9.99 Å². The fourth-order valence-corrected chi connectivity index (χ4v) is 3.07. The first-order valence-corrected chi connectivity index (χ1v) is 6.92. The standard InChI is InChI=1S/C16H11BrFNO/c1-19-13-5-3-2-4-12(13)14(15(17)16(19)20)10-6-8-11(18)9-7-10/h2-9H,1H3. The maximum absolute atomic E-state index is 13.1. The highest BCUT2D eigenvalue weighted by molar-refractivity contribution is 9.10. The van der Waals surface area contributed by atoms with Gasteiger partial charge in [-0.25, -0.2) is 4.39 Å². The Balaban J connectivity index is 2.46. The normalized spacial score (nSPS) is 10.9. The number of fused-ring (bicyclic) bond motifs is 1. The molecule has 20 heavy (non-hydrogen) atoms. The first-order valence-electron chi connectivity index (χ1n) is 6.13. The summed E-state index contributed by atoms with van der Waals surface area (Å²) >= 11 is 3.38. The summed E-state index contributed by atoms with van der Waals surface area (Å²) in [6.07, 6.45) is 0. The first kappa shape index (κ1) is 13.1. The summed E-state index contributed by atoms with van der Waals surface area (Å²) in [5, 5.41) is 0.952. The molecule has 0 saturated heterocycles. The van der Waals surface area contributed by atoms with E-state index in [1.807, 2.05) is 24.3 Å². The van der Waals surface area contributed by atoms with Crippen molar-refractivity contribution >= 4 is 26.8 Å². The minimum Gasteiger partial charge on any atom is -0.310 e. The van der Waals surface area contributed by atoms with Crippen LogP contribution in [-0.2, 0) is 7.05 Å². The molecule has 4 heteroatoms. The van der Waals surface area contributed by atoms with Crippen molar-refractivity contribution in [3.8, 4) is 11.1 Å². The number of rotatable bonds is 1. The topological polar surface area (TPSA) is 22.0 Å². The van der Waals surface area contributed by atoms with Gasteiger partial charge in [0.1, 0.15) is 5.82 Å². The van der Waals surface area contributed by atoms with Gasteiger partial charge in [-0.05, 0) is 39.7 Å². The Labute approximate surface area is 123 Å². The molecule has 0 bridgehead atoms. The number of para-hydroxylation sites is 1. The van der Waals surface area contributed by atoms with Crippen LogP contribution >= 0.6 is 15.9 Å². The van der Waals surface area contributed by atoms with Crippen LogP contribution in [0.2, 0.25) is 0 Å². The van der Waals surface area contributed by atoms with Gasteiger partial charge in [-0.2, -0.15) is 0 Å². The molecule has 0 aliphatic carbocycles. The summed E-state index contributed by atoms with van der Waals surface area (Å²) in [5.41, 5.74) is 2.35. The predicted molar refractivity (Wildman–Crippen MR) is 82.3 cm³/mol. The van der Waals surface area contributed by atoms with E-state index in [0.717, 1.165) is 22.0 Å². The molecule has 0 saturated carbocycles. The first-order chi connectivity index (χ1) is 9.59. The molecule has 0 radical (unpaired) electrons. The van der Waals surface area contributed by atoms with Crippen molar-refractivity contribution in [3.63, 3.8) is 0 Å². The third-order valence-electron chi connectivity index (χ3n) is 3.38. The summed E-state index contributed by atoms with van der Waals surface area (Å²) in [7, 11) is 1.74. The Morgan fingerprint density at radius 2 is 1.70 bits per heavy atom. The average Bonchev–Trinajstić information content (AvgIpc) is 2.47. The summed E-state index contributed by atoms with van der Waals surface area (Å²) in [4.78, 5) is 12.3. The van der Waals surface area contributed by atoms with E-state index in [4.69, 9.17) is 0 Å². The lowest BCUT2D eigenvalue weighted by Crippen LogP contribution is -2.18. The van der Waals surface area contributed by atoms with Crippen LogP contribution in [0, 0.1) is 5.82 Å². The Morgan fingerprint density at radius 3 is 2.40 bits per heavy atom. The molecule has 0 N–H and O–H groups in total. The number of hydrogen-bond acceptors (Lipinski definition) is 1. The van der Waals surface area contributed by atoms with Crippen LogP contribution in [0.25, 0.3) is 22.0 Å². The van der Waals surface area contributed by atoms with Gasteiger partial charge >= 0.3 is 0 Å². The lowest BCUT2D eigenvalue weighted by Gasteiger charge is -2.12. The van der Waals surface area contributed by atoms with Crippen molar-refractivity contribution in [2.24, 2.45) is 7.05 Å². The van der Waals surface area contributed by atoms with Crippen LogP contribution in [0.1, 0.15) is 0 Å². The van der Waals surface area contributed by atoms with Crippen LogP contribution in [0.4, 0.5) is 4.39 Å². The molecule has 3 rings (SSSR count). The van der Waals surface area contributed by atoms with Gasteiger partial charge in [-0.15, -0.1) is 0 Å². The van der Waals surface area contributed by atoms with Gasteiger partial charge in [-0.3, -0.25) is 4.79 Å². The van der Waals surface area contributed by atoms with Crippen LogP contribution in [0.5, 0.6) is 0 Å². The molecule has 3 aromatic rings. The maximum Gasteiger partial charge on any atom is 0.265 e. The predicted octanol–water partition coefficient (Wildman–Crippen LogP) is 4.11.